The van der Waals surface area contributed by atoms with E-state index in [0.717, 1.165) is 22.2 Å². The summed E-state index contributed by atoms with van der Waals surface area (Å²) in [7, 11) is 0. The molecule has 0 radical (unpaired) electrons. The number of carboxylic acid groups (broad SMARTS) is 1. The van der Waals surface area contributed by atoms with E-state index in [1.165, 1.54) is 0 Å². The zero-order chi connectivity index (χ0) is 17.6. The van der Waals surface area contributed by atoms with Gasteiger partial charge in [0.05, 0.1) is 5.56 Å². The second kappa shape index (κ2) is 7.62. The predicted molar refractivity (Wildman–Crippen MR) is 98.7 cm³/mol. The van der Waals surface area contributed by atoms with Gasteiger partial charge in [-0.25, -0.2) is 0 Å². The van der Waals surface area contributed by atoms with E-state index < -0.39 is 5.97 Å². The first-order valence-electron chi connectivity index (χ1n) is 8.24. The molecular weight excluding hydrogens is 314 g/mol. The van der Waals surface area contributed by atoms with Crippen molar-refractivity contribution in [1.29, 1.82) is 0 Å². The zero-order valence-corrected chi connectivity index (χ0v) is 13.7. The third-order valence-electron chi connectivity index (χ3n) is 4.07. The van der Waals surface area contributed by atoms with Crippen LogP contribution in [0.3, 0.4) is 0 Å². The van der Waals surface area contributed by atoms with Crippen LogP contribution in [0.15, 0.2) is 60.7 Å². The van der Waals surface area contributed by atoms with Crippen molar-refractivity contribution in [1.82, 2.24) is 4.98 Å². The number of carbonyl (C=O) groups excluding carboxylic acids is 1. The maximum Gasteiger partial charge on any atom is 0.303 e. The van der Waals surface area contributed by atoms with Crippen LogP contribution in [0.25, 0.3) is 17.0 Å². The molecule has 0 atom stereocenters. The highest BCUT2D eigenvalue weighted by atomic mass is 16.4. The van der Waals surface area contributed by atoms with Gasteiger partial charge in [0, 0.05) is 23.0 Å². The Bertz CT molecular complexity index is 923. The first-order valence-corrected chi connectivity index (χ1v) is 8.24. The number of H-pyrrole nitrogens is 1. The van der Waals surface area contributed by atoms with Crippen molar-refractivity contribution in [2.45, 2.75) is 19.3 Å². The minimum Gasteiger partial charge on any atom is -0.481 e. The molecule has 0 aliphatic rings. The largest absolute Gasteiger partial charge is 0.481 e. The molecule has 0 saturated heterocycles. The number of para-hydroxylation sites is 1. The van der Waals surface area contributed by atoms with E-state index in [2.05, 4.69) is 4.98 Å². The number of fused-ring (bicyclic) bond motifs is 1. The highest BCUT2D eigenvalue weighted by Crippen LogP contribution is 2.25. The summed E-state index contributed by atoms with van der Waals surface area (Å²) >= 11 is 0. The summed E-state index contributed by atoms with van der Waals surface area (Å²) in [5.74, 6) is -0.903. The van der Waals surface area contributed by atoms with Gasteiger partial charge in [-0.1, -0.05) is 54.6 Å². The zero-order valence-electron chi connectivity index (χ0n) is 13.7. The summed E-state index contributed by atoms with van der Waals surface area (Å²) in [6.45, 7) is 0. The number of aryl methyl sites for hydroxylation is 1. The van der Waals surface area contributed by atoms with E-state index in [1.54, 1.807) is 12.2 Å². The fourth-order valence-corrected chi connectivity index (χ4v) is 2.90. The van der Waals surface area contributed by atoms with E-state index >= 15 is 0 Å². The normalized spacial score (nSPS) is 11.2. The Morgan fingerprint density at radius 1 is 1.00 bits per heavy atom. The summed E-state index contributed by atoms with van der Waals surface area (Å²) < 4.78 is 0. The average Bonchev–Trinajstić information content (AvgIpc) is 2.98. The topological polar surface area (TPSA) is 70.2 Å². The van der Waals surface area contributed by atoms with Crippen LogP contribution < -0.4 is 0 Å². The van der Waals surface area contributed by atoms with Crippen LogP contribution in [0.4, 0.5) is 0 Å². The molecule has 1 heterocycles. The van der Waals surface area contributed by atoms with E-state index in [-0.39, 0.29) is 12.2 Å². The van der Waals surface area contributed by atoms with Gasteiger partial charge in [-0.2, -0.15) is 0 Å². The number of rotatable bonds is 7. The number of ketones is 1. The molecule has 126 valence electrons. The average molecular weight is 333 g/mol. The number of hydrogen-bond donors (Lipinski definition) is 2. The Morgan fingerprint density at radius 3 is 2.48 bits per heavy atom. The van der Waals surface area contributed by atoms with Crippen molar-refractivity contribution in [2.75, 3.05) is 0 Å². The van der Waals surface area contributed by atoms with Crippen molar-refractivity contribution in [2.24, 2.45) is 0 Å². The molecule has 3 rings (SSSR count). The maximum absolute atomic E-state index is 12.8. The lowest BCUT2D eigenvalue weighted by Gasteiger charge is -2.01. The summed E-state index contributed by atoms with van der Waals surface area (Å²) in [6, 6.07) is 17.3. The van der Waals surface area contributed by atoms with Crippen molar-refractivity contribution < 1.29 is 14.7 Å². The monoisotopic (exact) mass is 333 g/mol. The van der Waals surface area contributed by atoms with E-state index in [9.17, 15) is 9.59 Å². The Morgan fingerprint density at radius 2 is 1.72 bits per heavy atom. The molecule has 4 nitrogen and oxygen atoms in total. The van der Waals surface area contributed by atoms with Gasteiger partial charge < -0.3 is 10.1 Å². The smallest absolute Gasteiger partial charge is 0.303 e. The maximum atomic E-state index is 12.8. The van der Waals surface area contributed by atoms with Gasteiger partial charge >= 0.3 is 5.97 Å². The molecule has 0 unspecified atom stereocenters. The highest BCUT2D eigenvalue weighted by molar-refractivity contribution is 6.15. The van der Waals surface area contributed by atoms with Gasteiger partial charge in [0.2, 0.25) is 0 Å². The van der Waals surface area contributed by atoms with E-state index in [0.29, 0.717) is 18.4 Å². The van der Waals surface area contributed by atoms with Crippen LogP contribution in [0.1, 0.15) is 34.5 Å². The molecule has 0 saturated carbocycles. The first-order chi connectivity index (χ1) is 12.1. The quantitative estimate of drug-likeness (QED) is 0.495. The second-order valence-electron chi connectivity index (χ2n) is 5.88. The molecule has 2 aromatic carbocycles. The molecule has 0 fully saturated rings. The highest BCUT2D eigenvalue weighted by Gasteiger charge is 2.16. The summed E-state index contributed by atoms with van der Waals surface area (Å²) in [6.07, 6.45) is 4.48. The predicted octanol–water partition coefficient (Wildman–Crippen LogP) is 4.47. The number of nitrogens with one attached hydrogen (secondary N) is 1. The van der Waals surface area contributed by atoms with Gasteiger partial charge in [0.15, 0.2) is 5.78 Å². The fourth-order valence-electron chi connectivity index (χ4n) is 2.90. The Labute approximate surface area is 145 Å². The van der Waals surface area contributed by atoms with Crippen LogP contribution in [-0.4, -0.2) is 21.8 Å². The molecule has 0 aliphatic carbocycles. The van der Waals surface area contributed by atoms with Gasteiger partial charge in [-0.3, -0.25) is 9.59 Å². The van der Waals surface area contributed by atoms with Crippen LogP contribution in [0.5, 0.6) is 0 Å². The summed E-state index contributed by atoms with van der Waals surface area (Å²) in [4.78, 5) is 26.8. The van der Waals surface area contributed by atoms with E-state index in [4.69, 9.17) is 5.11 Å². The number of aromatic nitrogens is 1. The lowest BCUT2D eigenvalue weighted by atomic mass is 10.0. The van der Waals surface area contributed by atoms with Crippen molar-refractivity contribution in [3.05, 3.63) is 77.5 Å². The molecule has 2 N–H and O–H groups in total. The third-order valence-corrected chi connectivity index (χ3v) is 4.07. The molecular formula is C21H19NO3. The lowest BCUT2D eigenvalue weighted by molar-refractivity contribution is -0.137. The van der Waals surface area contributed by atoms with Gasteiger partial charge in [0.25, 0.3) is 0 Å². The number of benzene rings is 2. The molecule has 4 heteroatoms. The molecule has 3 aromatic rings. The lowest BCUT2D eigenvalue weighted by Crippen LogP contribution is -2.01. The molecule has 0 aliphatic heterocycles. The minimum absolute atomic E-state index is 0.0772. The van der Waals surface area contributed by atoms with Crippen LogP contribution in [-0.2, 0) is 11.2 Å². The van der Waals surface area contributed by atoms with Crippen LogP contribution >= 0.6 is 0 Å². The fraction of sp³-hybridized carbons (Fsp3) is 0.143. The Kier molecular flexibility index (Phi) is 5.09. The van der Waals surface area contributed by atoms with Crippen LogP contribution in [0.2, 0.25) is 0 Å². The molecule has 1 aromatic heterocycles. The Hall–Kier alpha value is -3.14. The molecule has 0 amide bonds. The van der Waals surface area contributed by atoms with Gasteiger partial charge in [0.1, 0.15) is 0 Å². The van der Waals surface area contributed by atoms with Gasteiger partial charge in [-0.05, 0) is 30.5 Å². The number of carbonyl (C=O) groups is 2. The molecule has 0 spiro atoms. The number of aromatic amines is 1. The number of hydrogen-bond acceptors (Lipinski definition) is 2. The Balaban J connectivity index is 1.91. The second-order valence-corrected chi connectivity index (χ2v) is 5.88. The summed E-state index contributed by atoms with van der Waals surface area (Å²) in [5, 5.41) is 9.70. The van der Waals surface area contributed by atoms with Crippen LogP contribution in [0, 0.1) is 0 Å². The first kappa shape index (κ1) is 16.7. The third kappa shape index (κ3) is 4.04. The van der Waals surface area contributed by atoms with E-state index in [1.807, 2.05) is 54.6 Å². The standard InChI is InChI=1S/C21H19NO3/c23-19(14-13-15-7-2-1-3-8-15)21-16-9-4-5-10-17(16)22-18(21)11-6-12-20(24)25/h1-5,7-10,13-14,22H,6,11-12H2,(H,24,25). The SMILES string of the molecule is O=C(O)CCCc1[nH]c2ccccc2c1C(=O)C=Cc1ccccc1. The minimum atomic E-state index is -0.826. The van der Waals surface area contributed by atoms with Crippen molar-refractivity contribution in [3.8, 4) is 0 Å². The van der Waals surface area contributed by atoms with Crippen molar-refractivity contribution >= 4 is 28.7 Å². The number of allylic oxidation sites excluding steroid dienone is 1. The number of aliphatic carboxylic acids is 1. The van der Waals surface area contributed by atoms with Gasteiger partial charge in [-0.15, -0.1) is 0 Å². The van der Waals surface area contributed by atoms with Crippen molar-refractivity contribution in [3.63, 3.8) is 0 Å². The molecule has 0 bridgehead atoms. The summed E-state index contributed by atoms with van der Waals surface area (Å²) in [5.41, 5.74) is 3.28. The molecule has 25 heavy (non-hydrogen) atoms. The number of carboxylic acids is 1.